The first-order chi connectivity index (χ1) is 9.63. The molecular weight excluding hydrogens is 276 g/mol. The van der Waals surface area contributed by atoms with E-state index in [-0.39, 0.29) is 12.0 Å². The van der Waals surface area contributed by atoms with Gasteiger partial charge in [-0.2, -0.15) is 0 Å². The van der Waals surface area contributed by atoms with Crippen LogP contribution in [0.5, 0.6) is 0 Å². The van der Waals surface area contributed by atoms with Crippen LogP contribution in [0.15, 0.2) is 0 Å². The Balaban J connectivity index is 2.48. The van der Waals surface area contributed by atoms with E-state index in [1.54, 1.807) is 0 Å². The Bertz CT molecular complexity index is 366. The molecule has 2 unspecified atom stereocenters. The summed E-state index contributed by atoms with van der Waals surface area (Å²) in [5.74, 6) is -1.07. The Kier molecular flexibility index (Phi) is 6.16. The molecule has 0 heterocycles. The van der Waals surface area contributed by atoms with Gasteiger partial charge in [-0.1, -0.05) is 0 Å². The summed E-state index contributed by atoms with van der Waals surface area (Å²) >= 11 is 0. The van der Waals surface area contributed by atoms with Crippen LogP contribution in [-0.4, -0.2) is 46.1 Å². The molecule has 0 amide bonds. The number of aliphatic hydroxyl groups excluding tert-OH is 2. The molecule has 1 aliphatic rings. The van der Waals surface area contributed by atoms with Crippen LogP contribution < -0.4 is 0 Å². The number of aliphatic hydroxyl groups is 2. The third-order valence-corrected chi connectivity index (χ3v) is 3.99. The van der Waals surface area contributed by atoms with Gasteiger partial charge in [-0.05, 0) is 59.3 Å². The maximum Gasteiger partial charge on any atom is 0.335 e. The first kappa shape index (κ1) is 17.9. The summed E-state index contributed by atoms with van der Waals surface area (Å²) in [5.41, 5.74) is -0.659. The molecule has 0 aromatic rings. The summed E-state index contributed by atoms with van der Waals surface area (Å²) in [4.78, 5) is 22.9. The molecule has 1 aliphatic carbocycles. The van der Waals surface area contributed by atoms with E-state index in [1.807, 2.05) is 13.8 Å². The van der Waals surface area contributed by atoms with Crippen LogP contribution >= 0.6 is 0 Å². The van der Waals surface area contributed by atoms with Crippen LogP contribution in [0.2, 0.25) is 0 Å². The highest BCUT2D eigenvalue weighted by Gasteiger charge is 2.37. The summed E-state index contributed by atoms with van der Waals surface area (Å²) in [5, 5.41) is 18.3. The maximum absolute atomic E-state index is 11.5. The molecule has 0 saturated heterocycles. The second kappa shape index (κ2) is 7.22. The molecule has 1 fully saturated rings. The van der Waals surface area contributed by atoms with Crippen LogP contribution in [0.1, 0.15) is 53.4 Å². The van der Waals surface area contributed by atoms with Gasteiger partial charge in [-0.15, -0.1) is 0 Å². The van der Waals surface area contributed by atoms with Crippen molar-refractivity contribution in [2.45, 2.75) is 77.3 Å². The van der Waals surface area contributed by atoms with Gasteiger partial charge in [0.1, 0.15) is 23.9 Å². The zero-order chi connectivity index (χ0) is 16.2. The number of rotatable bonds is 5. The summed E-state index contributed by atoms with van der Waals surface area (Å²) in [7, 11) is 0. The van der Waals surface area contributed by atoms with Gasteiger partial charge in [-0.3, -0.25) is 0 Å². The third-order valence-electron chi connectivity index (χ3n) is 3.99. The lowest BCUT2D eigenvalue weighted by atomic mass is 9.77. The molecular formula is C15H26O6. The largest absolute Gasteiger partial charge is 0.460 e. The molecule has 2 N–H and O–H groups in total. The van der Waals surface area contributed by atoms with E-state index >= 15 is 0 Å². The average Bonchev–Trinajstić information content (AvgIpc) is 2.38. The van der Waals surface area contributed by atoms with Crippen LogP contribution in [0, 0.1) is 5.92 Å². The lowest BCUT2D eigenvalue weighted by Gasteiger charge is -2.38. The molecule has 0 spiro atoms. The number of carbonyl (C=O) groups is 2. The van der Waals surface area contributed by atoms with Crippen molar-refractivity contribution in [1.82, 2.24) is 0 Å². The molecule has 1 saturated carbocycles. The highest BCUT2D eigenvalue weighted by molar-refractivity contribution is 5.74. The van der Waals surface area contributed by atoms with Crippen molar-refractivity contribution in [3.05, 3.63) is 0 Å². The molecule has 0 bridgehead atoms. The van der Waals surface area contributed by atoms with E-state index in [2.05, 4.69) is 0 Å². The first-order valence-corrected chi connectivity index (χ1v) is 7.43. The van der Waals surface area contributed by atoms with Gasteiger partial charge < -0.3 is 19.7 Å². The molecule has 6 heteroatoms. The minimum atomic E-state index is -1.13. The van der Waals surface area contributed by atoms with Crippen molar-refractivity contribution in [3.63, 3.8) is 0 Å². The van der Waals surface area contributed by atoms with Gasteiger partial charge in [0.25, 0.3) is 0 Å². The molecule has 1 rings (SSSR count). The van der Waals surface area contributed by atoms with Crippen molar-refractivity contribution in [1.29, 1.82) is 0 Å². The smallest absolute Gasteiger partial charge is 0.335 e. The number of ether oxygens (including phenoxy) is 2. The van der Waals surface area contributed by atoms with E-state index in [0.717, 1.165) is 12.8 Å². The number of hydrogen-bond donors (Lipinski definition) is 2. The summed E-state index contributed by atoms with van der Waals surface area (Å²) in [6.45, 7) is 6.43. The SMILES string of the molecule is CC(O)C(=O)OC1CCC(C(C)(C)OC(=O)C(C)O)CC1. The fraction of sp³-hybridized carbons (Fsp3) is 0.867. The maximum atomic E-state index is 11.5. The summed E-state index contributed by atoms with van der Waals surface area (Å²) in [6, 6.07) is 0. The lowest BCUT2D eigenvalue weighted by Crippen LogP contribution is -2.42. The molecule has 0 radical (unpaired) electrons. The van der Waals surface area contributed by atoms with Crippen LogP contribution in [0.25, 0.3) is 0 Å². The van der Waals surface area contributed by atoms with E-state index in [4.69, 9.17) is 14.6 Å². The van der Waals surface area contributed by atoms with Crippen LogP contribution in [0.4, 0.5) is 0 Å². The Hall–Kier alpha value is -1.14. The second-order valence-electron chi connectivity index (χ2n) is 6.29. The molecule has 0 aromatic heterocycles. The summed E-state index contributed by atoms with van der Waals surface area (Å²) in [6.07, 6.45) is 0.457. The normalized spacial score (nSPS) is 25.8. The number of esters is 2. The van der Waals surface area contributed by atoms with Crippen LogP contribution in [-0.2, 0) is 19.1 Å². The van der Waals surface area contributed by atoms with Gasteiger partial charge in [0.05, 0.1) is 0 Å². The number of carbonyl (C=O) groups excluding carboxylic acids is 2. The van der Waals surface area contributed by atoms with E-state index in [1.165, 1.54) is 13.8 Å². The minimum Gasteiger partial charge on any atom is -0.460 e. The fourth-order valence-corrected chi connectivity index (χ4v) is 2.57. The van der Waals surface area contributed by atoms with Crippen molar-refractivity contribution in [3.8, 4) is 0 Å². The monoisotopic (exact) mass is 302 g/mol. The van der Waals surface area contributed by atoms with Gasteiger partial charge >= 0.3 is 11.9 Å². The highest BCUT2D eigenvalue weighted by atomic mass is 16.6. The highest BCUT2D eigenvalue weighted by Crippen LogP contribution is 2.36. The van der Waals surface area contributed by atoms with Crippen molar-refractivity contribution in [2.24, 2.45) is 5.92 Å². The number of hydrogen-bond acceptors (Lipinski definition) is 6. The quantitative estimate of drug-likeness (QED) is 0.741. The predicted octanol–water partition coefficient (Wildman–Crippen LogP) is 1.17. The molecule has 0 aromatic carbocycles. The Morgan fingerprint density at radius 3 is 1.90 bits per heavy atom. The Labute approximate surface area is 125 Å². The van der Waals surface area contributed by atoms with Crippen molar-refractivity contribution in [2.75, 3.05) is 0 Å². The first-order valence-electron chi connectivity index (χ1n) is 7.43. The molecule has 6 nitrogen and oxygen atoms in total. The van der Waals surface area contributed by atoms with Crippen LogP contribution in [0.3, 0.4) is 0 Å². The third kappa shape index (κ3) is 5.28. The van der Waals surface area contributed by atoms with Crippen molar-refractivity contribution >= 4 is 11.9 Å². The zero-order valence-electron chi connectivity index (χ0n) is 13.2. The van der Waals surface area contributed by atoms with Gasteiger partial charge in [0, 0.05) is 0 Å². The molecule has 2 atom stereocenters. The standard InChI is InChI=1S/C15H26O6/c1-9(16)13(18)20-12-7-5-11(6-8-12)15(3,4)21-14(19)10(2)17/h9-12,16-17H,5-8H2,1-4H3. The van der Waals surface area contributed by atoms with E-state index in [9.17, 15) is 14.7 Å². The van der Waals surface area contributed by atoms with Gasteiger partial charge in [-0.25, -0.2) is 9.59 Å². The zero-order valence-corrected chi connectivity index (χ0v) is 13.2. The predicted molar refractivity (Wildman–Crippen MR) is 75.4 cm³/mol. The average molecular weight is 302 g/mol. The Morgan fingerprint density at radius 2 is 1.48 bits per heavy atom. The Morgan fingerprint density at radius 1 is 1.00 bits per heavy atom. The van der Waals surface area contributed by atoms with Crippen molar-refractivity contribution < 1.29 is 29.3 Å². The van der Waals surface area contributed by atoms with E-state index < -0.39 is 29.7 Å². The van der Waals surface area contributed by atoms with E-state index in [0.29, 0.717) is 12.8 Å². The summed E-state index contributed by atoms with van der Waals surface area (Å²) < 4.78 is 10.6. The molecule has 0 aliphatic heterocycles. The lowest BCUT2D eigenvalue weighted by molar-refractivity contribution is -0.174. The minimum absolute atomic E-state index is 0.154. The fourth-order valence-electron chi connectivity index (χ4n) is 2.57. The molecule has 122 valence electrons. The topological polar surface area (TPSA) is 93.1 Å². The second-order valence-corrected chi connectivity index (χ2v) is 6.29. The molecule has 21 heavy (non-hydrogen) atoms. The van der Waals surface area contributed by atoms with Gasteiger partial charge in [0.2, 0.25) is 0 Å². The van der Waals surface area contributed by atoms with Gasteiger partial charge in [0.15, 0.2) is 0 Å².